The van der Waals surface area contributed by atoms with Crippen LogP contribution in [0.3, 0.4) is 0 Å². The van der Waals surface area contributed by atoms with E-state index >= 15 is 0 Å². The van der Waals surface area contributed by atoms with E-state index in [2.05, 4.69) is 97.1 Å². The van der Waals surface area contributed by atoms with E-state index in [4.69, 9.17) is 0 Å². The van der Waals surface area contributed by atoms with Gasteiger partial charge in [0.15, 0.2) is 0 Å². The second kappa shape index (κ2) is 7.17. The van der Waals surface area contributed by atoms with Crippen LogP contribution >= 0.6 is 0 Å². The molecule has 0 aromatic heterocycles. The van der Waals surface area contributed by atoms with Gasteiger partial charge >= 0.3 is 0 Å². The van der Waals surface area contributed by atoms with Gasteiger partial charge in [-0.15, -0.1) is 0 Å². The Hall–Kier alpha value is -3.38. The van der Waals surface area contributed by atoms with Crippen molar-refractivity contribution in [3.8, 4) is 0 Å². The van der Waals surface area contributed by atoms with Crippen molar-refractivity contribution in [2.75, 3.05) is 0 Å². The lowest BCUT2D eigenvalue weighted by molar-refractivity contribution is 0.0815. The second-order valence-corrected chi connectivity index (χ2v) is 12.9. The largest absolute Gasteiger partial charge is 0.0620 e. The number of hydrogen-bond acceptors (Lipinski definition) is 0. The first-order valence-corrected chi connectivity index (χ1v) is 15.0. The van der Waals surface area contributed by atoms with Gasteiger partial charge in [-0.1, -0.05) is 121 Å². The monoisotopic (exact) mass is 488 g/mol. The third-order valence-corrected chi connectivity index (χ3v) is 11.8. The van der Waals surface area contributed by atoms with Gasteiger partial charge in [0.1, 0.15) is 0 Å². The minimum absolute atomic E-state index is 0.427. The summed E-state index contributed by atoms with van der Waals surface area (Å²) < 4.78 is 0. The number of hydrogen-bond donors (Lipinski definition) is 0. The molecule has 12 rings (SSSR count). The summed E-state index contributed by atoms with van der Waals surface area (Å²) in [5.41, 5.74) is 16.7. The van der Waals surface area contributed by atoms with Crippen molar-refractivity contribution in [1.29, 1.82) is 0 Å². The first kappa shape index (κ1) is 20.6. The number of rotatable bonds is 0. The smallest absolute Gasteiger partial charge is 0.0311 e. The summed E-state index contributed by atoms with van der Waals surface area (Å²) in [5.74, 6) is 4.84. The zero-order chi connectivity index (χ0) is 24.5. The van der Waals surface area contributed by atoms with Crippen LogP contribution in [0.2, 0.25) is 0 Å². The number of allylic oxidation sites excluding steroid dienone is 2. The fourth-order valence-electron chi connectivity index (χ4n) is 10.8. The zero-order valence-corrected chi connectivity index (χ0v) is 21.7. The molecule has 4 atom stereocenters. The predicted octanol–water partition coefficient (Wildman–Crippen LogP) is 8.92. The third kappa shape index (κ3) is 2.28. The summed E-state index contributed by atoms with van der Waals surface area (Å²) in [7, 11) is 0. The molecule has 8 aliphatic carbocycles. The van der Waals surface area contributed by atoms with Gasteiger partial charge in [-0.05, 0) is 81.0 Å². The minimum Gasteiger partial charge on any atom is -0.0620 e. The average molecular weight is 489 g/mol. The molecule has 0 unspecified atom stereocenters. The molecule has 38 heavy (non-hydrogen) atoms. The quantitative estimate of drug-likeness (QED) is 0.217. The van der Waals surface area contributed by atoms with E-state index in [0.717, 1.165) is 11.8 Å². The van der Waals surface area contributed by atoms with E-state index in [0.29, 0.717) is 35.5 Å². The summed E-state index contributed by atoms with van der Waals surface area (Å²) in [6.45, 7) is 0. The van der Waals surface area contributed by atoms with Crippen molar-refractivity contribution in [3.05, 3.63) is 153 Å². The lowest BCUT2D eigenvalue weighted by atomic mass is 9.41. The highest BCUT2D eigenvalue weighted by molar-refractivity contribution is 5.70. The second-order valence-electron chi connectivity index (χ2n) is 12.9. The molecule has 0 N–H and O–H groups in total. The van der Waals surface area contributed by atoms with E-state index < -0.39 is 0 Å². The van der Waals surface area contributed by atoms with Crippen molar-refractivity contribution in [3.63, 3.8) is 0 Å². The minimum atomic E-state index is 0.427. The molecule has 0 aliphatic heterocycles. The Morgan fingerprint density at radius 2 is 0.658 bits per heavy atom. The predicted molar refractivity (Wildman–Crippen MR) is 153 cm³/mol. The van der Waals surface area contributed by atoms with Crippen LogP contribution in [0.15, 0.2) is 108 Å². The van der Waals surface area contributed by atoms with Crippen LogP contribution in [0, 0.1) is 23.7 Å². The average Bonchev–Trinajstić information content (AvgIpc) is 3.00. The zero-order valence-electron chi connectivity index (χ0n) is 21.7. The molecule has 0 spiro atoms. The highest BCUT2D eigenvalue weighted by Crippen LogP contribution is 2.72. The molecule has 8 aliphatic rings. The summed E-state index contributed by atoms with van der Waals surface area (Å²) in [6.07, 6.45) is 5.65. The number of benzene rings is 4. The first-order valence-electron chi connectivity index (χ1n) is 15.0. The fraction of sp³-hybridized carbons (Fsp3) is 0.316. The first-order chi connectivity index (χ1) is 18.9. The molecule has 4 aromatic carbocycles. The van der Waals surface area contributed by atoms with Crippen LogP contribution in [-0.4, -0.2) is 0 Å². The Bertz CT molecular complexity index is 1470. The summed E-state index contributed by atoms with van der Waals surface area (Å²) in [6, 6.07) is 38.2. The molecule has 1 saturated carbocycles. The van der Waals surface area contributed by atoms with Gasteiger partial charge in [-0.3, -0.25) is 0 Å². The van der Waals surface area contributed by atoms with Crippen LogP contribution in [0.4, 0.5) is 0 Å². The molecule has 0 heteroatoms. The third-order valence-electron chi connectivity index (χ3n) is 11.8. The molecule has 0 heterocycles. The van der Waals surface area contributed by atoms with E-state index in [-0.39, 0.29) is 0 Å². The maximum atomic E-state index is 2.48. The topological polar surface area (TPSA) is 0 Å². The molecule has 0 saturated heterocycles. The van der Waals surface area contributed by atoms with E-state index in [1.807, 2.05) is 11.1 Å². The molecule has 0 radical (unpaired) electrons. The van der Waals surface area contributed by atoms with Gasteiger partial charge in [0.2, 0.25) is 0 Å². The van der Waals surface area contributed by atoms with E-state index in [9.17, 15) is 0 Å². The van der Waals surface area contributed by atoms with Gasteiger partial charge < -0.3 is 0 Å². The molecule has 4 aromatic rings. The Morgan fingerprint density at radius 3 is 0.974 bits per heavy atom. The summed E-state index contributed by atoms with van der Waals surface area (Å²) in [4.78, 5) is 0. The van der Waals surface area contributed by atoms with Crippen LogP contribution in [0.1, 0.15) is 93.9 Å². The SMILES string of the molecule is c1ccc2c(c1)C1C3=C4C5c6ccccc6C(c6ccccc65)[C@H]4[C@H]4CCCC[C@H]4[C@H]3C2c2ccccc21. The summed E-state index contributed by atoms with van der Waals surface area (Å²) in [5, 5.41) is 0. The maximum Gasteiger partial charge on any atom is 0.0311 e. The molecule has 4 bridgehead atoms. The van der Waals surface area contributed by atoms with E-state index in [1.54, 1.807) is 44.5 Å². The molecule has 184 valence electrons. The van der Waals surface area contributed by atoms with Crippen LogP contribution in [0.5, 0.6) is 0 Å². The van der Waals surface area contributed by atoms with Gasteiger partial charge in [0.05, 0.1) is 0 Å². The Labute approximate surface area is 225 Å². The van der Waals surface area contributed by atoms with Gasteiger partial charge in [0.25, 0.3) is 0 Å². The highest BCUT2D eigenvalue weighted by Gasteiger charge is 2.61. The van der Waals surface area contributed by atoms with Crippen molar-refractivity contribution < 1.29 is 0 Å². The van der Waals surface area contributed by atoms with Crippen molar-refractivity contribution in [1.82, 2.24) is 0 Å². The Morgan fingerprint density at radius 1 is 0.368 bits per heavy atom. The molecular formula is C38H32. The van der Waals surface area contributed by atoms with Gasteiger partial charge in [-0.25, -0.2) is 0 Å². The fourth-order valence-corrected chi connectivity index (χ4v) is 10.8. The van der Waals surface area contributed by atoms with Crippen LogP contribution in [0.25, 0.3) is 0 Å². The molecular weight excluding hydrogens is 456 g/mol. The highest BCUT2D eigenvalue weighted by atomic mass is 14.6. The number of fused-ring (bicyclic) bond motifs is 1. The maximum absolute atomic E-state index is 2.48. The van der Waals surface area contributed by atoms with Gasteiger partial charge in [-0.2, -0.15) is 0 Å². The van der Waals surface area contributed by atoms with Crippen LogP contribution < -0.4 is 0 Å². The standard InChI is InChI=1S/C38H32/c1-5-15-25-21(11-1)31-22-12-2-6-16-26(22)33(25)37-35(31)29-19-9-10-20-30(29)36-32-23-13-3-7-17-27(23)34(38(36)37)28-18-8-4-14-24(28)32/h1-8,11-18,29-36H,9-10,19-20H2/t29-,30+,31?,32?,33?,34?,35+,36-. The van der Waals surface area contributed by atoms with Crippen molar-refractivity contribution in [2.45, 2.75) is 49.4 Å². The lowest BCUT2D eigenvalue weighted by Gasteiger charge is -2.62. The van der Waals surface area contributed by atoms with Crippen LogP contribution in [-0.2, 0) is 0 Å². The summed E-state index contributed by atoms with van der Waals surface area (Å²) >= 11 is 0. The molecule has 0 nitrogen and oxygen atoms in total. The normalized spacial score (nSPS) is 34.3. The molecule has 0 amide bonds. The van der Waals surface area contributed by atoms with Crippen molar-refractivity contribution >= 4 is 0 Å². The van der Waals surface area contributed by atoms with Crippen molar-refractivity contribution in [2.24, 2.45) is 23.7 Å². The van der Waals surface area contributed by atoms with E-state index in [1.165, 1.54) is 25.7 Å². The Kier molecular flexibility index (Phi) is 3.88. The lowest BCUT2D eigenvalue weighted by Crippen LogP contribution is -2.52. The molecule has 1 fully saturated rings. The Balaban J connectivity index is 1.36. The van der Waals surface area contributed by atoms with Gasteiger partial charge in [0, 0.05) is 23.7 Å².